The van der Waals surface area contributed by atoms with Gasteiger partial charge < -0.3 is 9.26 Å². The number of ether oxygens (including phenoxy) is 1. The van der Waals surface area contributed by atoms with Crippen molar-refractivity contribution < 1.29 is 22.4 Å². The fourth-order valence-corrected chi connectivity index (χ4v) is 2.47. The van der Waals surface area contributed by atoms with E-state index < -0.39 is 17.9 Å². The van der Waals surface area contributed by atoms with Crippen molar-refractivity contribution >= 4 is 17.4 Å². The molecule has 0 aliphatic carbocycles. The highest BCUT2D eigenvalue weighted by Crippen LogP contribution is 2.37. The van der Waals surface area contributed by atoms with Gasteiger partial charge in [-0.1, -0.05) is 35.2 Å². The fraction of sp³-hybridized carbons (Fsp3) is 0.0667. The first-order valence-electron chi connectivity index (χ1n) is 6.38. The molecule has 0 bridgehead atoms. The van der Waals surface area contributed by atoms with E-state index >= 15 is 0 Å². The Hall–Kier alpha value is -2.61. The minimum atomic E-state index is -2.81. The van der Waals surface area contributed by atoms with E-state index in [4.69, 9.17) is 9.26 Å². The summed E-state index contributed by atoms with van der Waals surface area (Å²) in [4.78, 5) is 4.79. The molecule has 118 valence electrons. The number of hydrogen-bond donors (Lipinski definition) is 0. The minimum Gasteiger partial charge on any atom is -0.430 e. The number of hydrogen-bond acceptors (Lipinski definition) is 5. The Balaban J connectivity index is 2.00. The van der Waals surface area contributed by atoms with Gasteiger partial charge in [-0.15, -0.1) is 0 Å². The summed E-state index contributed by atoms with van der Waals surface area (Å²) in [6.45, 7) is 3.61. The Bertz CT molecular complexity index is 845. The maximum absolute atomic E-state index is 14.1. The van der Waals surface area contributed by atoms with Gasteiger partial charge in [-0.2, -0.15) is 0 Å². The van der Waals surface area contributed by atoms with Crippen molar-refractivity contribution in [2.24, 2.45) is 0 Å². The second-order valence-corrected chi connectivity index (χ2v) is 5.39. The van der Waals surface area contributed by atoms with E-state index in [1.165, 1.54) is 29.5 Å². The third-order valence-electron chi connectivity index (χ3n) is 2.87. The van der Waals surface area contributed by atoms with E-state index in [1.54, 1.807) is 12.3 Å². The zero-order valence-electron chi connectivity index (χ0n) is 11.5. The summed E-state index contributed by atoms with van der Waals surface area (Å²) in [6, 6.07) is 5.06. The maximum atomic E-state index is 14.1. The highest BCUT2D eigenvalue weighted by molar-refractivity contribution is 7.14. The molecular formula is C15H9F3N2O2S. The normalized spacial score (nSPS) is 11.0. The third-order valence-corrected chi connectivity index (χ3v) is 3.75. The van der Waals surface area contributed by atoms with Gasteiger partial charge in [-0.25, -0.2) is 18.2 Å². The lowest BCUT2D eigenvalue weighted by atomic mass is 10.1. The number of nitrogens with zero attached hydrogens (tertiary/aromatic N) is 2. The second kappa shape index (κ2) is 6.25. The topological polar surface area (TPSA) is 48.2 Å². The Labute approximate surface area is 132 Å². The predicted molar refractivity (Wildman–Crippen MR) is 79.1 cm³/mol. The quantitative estimate of drug-likeness (QED) is 0.632. The molecule has 2 heterocycles. The van der Waals surface area contributed by atoms with Crippen LogP contribution in [0.1, 0.15) is 17.0 Å². The van der Waals surface area contributed by atoms with Crippen LogP contribution in [0, 0.1) is 5.82 Å². The summed E-state index contributed by atoms with van der Waals surface area (Å²) in [5, 5.41) is 3.49. The monoisotopic (exact) mass is 338 g/mol. The molecule has 0 saturated heterocycles. The van der Waals surface area contributed by atoms with Crippen LogP contribution in [0.2, 0.25) is 0 Å². The average molecular weight is 338 g/mol. The third kappa shape index (κ3) is 3.11. The molecule has 1 aromatic carbocycles. The van der Waals surface area contributed by atoms with Gasteiger partial charge in [0.25, 0.3) is 11.6 Å². The van der Waals surface area contributed by atoms with E-state index in [1.807, 2.05) is 0 Å². The van der Waals surface area contributed by atoms with Crippen LogP contribution in [0.5, 0.6) is 10.9 Å². The molecule has 0 aliphatic heterocycles. The zero-order valence-corrected chi connectivity index (χ0v) is 12.3. The molecule has 2 aromatic heterocycles. The highest BCUT2D eigenvalue weighted by Gasteiger charge is 2.21. The predicted octanol–water partition coefficient (Wildman–Crippen LogP) is 5.31. The van der Waals surface area contributed by atoms with Crippen LogP contribution in [0.15, 0.2) is 41.6 Å². The van der Waals surface area contributed by atoms with Crippen molar-refractivity contribution in [1.29, 1.82) is 0 Å². The molecule has 0 N–H and O–H groups in total. The van der Waals surface area contributed by atoms with E-state index in [0.717, 1.165) is 10.9 Å². The molecule has 0 unspecified atom stereocenters. The fourth-order valence-electron chi connectivity index (χ4n) is 1.84. The first-order valence-corrected chi connectivity index (χ1v) is 7.20. The molecule has 0 spiro atoms. The number of rotatable bonds is 5. The van der Waals surface area contributed by atoms with E-state index in [0.29, 0.717) is 0 Å². The smallest absolute Gasteiger partial charge is 0.283 e. The zero-order chi connectivity index (χ0) is 16.4. The van der Waals surface area contributed by atoms with Gasteiger partial charge in [-0.05, 0) is 12.1 Å². The van der Waals surface area contributed by atoms with Gasteiger partial charge in [0.1, 0.15) is 17.3 Å². The molecule has 3 rings (SSSR count). The van der Waals surface area contributed by atoms with Crippen LogP contribution < -0.4 is 4.74 Å². The lowest BCUT2D eigenvalue weighted by Gasteiger charge is -2.07. The average Bonchev–Trinajstić information content (AvgIpc) is 3.16. The van der Waals surface area contributed by atoms with E-state index in [9.17, 15) is 13.2 Å². The van der Waals surface area contributed by atoms with Gasteiger partial charge in [0, 0.05) is 12.3 Å². The minimum absolute atomic E-state index is 0.0897. The number of thiazole rings is 1. The van der Waals surface area contributed by atoms with Crippen molar-refractivity contribution in [2.75, 3.05) is 0 Å². The van der Waals surface area contributed by atoms with Crippen LogP contribution in [-0.2, 0) is 0 Å². The lowest BCUT2D eigenvalue weighted by molar-refractivity contribution is 0.140. The van der Waals surface area contributed by atoms with Crippen molar-refractivity contribution in [3.63, 3.8) is 0 Å². The highest BCUT2D eigenvalue weighted by atomic mass is 32.1. The molecule has 0 amide bonds. The molecule has 0 atom stereocenters. The van der Waals surface area contributed by atoms with Crippen LogP contribution in [-0.4, -0.2) is 10.1 Å². The van der Waals surface area contributed by atoms with Crippen molar-refractivity contribution in [3.8, 4) is 22.3 Å². The first-order chi connectivity index (χ1) is 11.1. The lowest BCUT2D eigenvalue weighted by Crippen LogP contribution is -1.90. The molecule has 23 heavy (non-hydrogen) atoms. The second-order valence-electron chi connectivity index (χ2n) is 4.36. The standard InChI is InChI=1S/C15H9F3N2O2S/c1-2-8-7-19-15(23-8)21-11-5-3-4-9(16)13(11)12-6-10(14(17)18)20-22-12/h2-7,14H,1H2. The number of benzene rings is 1. The van der Waals surface area contributed by atoms with Gasteiger partial charge >= 0.3 is 0 Å². The van der Waals surface area contributed by atoms with Crippen LogP contribution >= 0.6 is 11.3 Å². The Kier molecular flexibility index (Phi) is 4.16. The molecular weight excluding hydrogens is 329 g/mol. The van der Waals surface area contributed by atoms with Crippen LogP contribution in [0.25, 0.3) is 17.4 Å². The van der Waals surface area contributed by atoms with Crippen LogP contribution in [0.4, 0.5) is 13.2 Å². The summed E-state index contributed by atoms with van der Waals surface area (Å²) in [5.74, 6) is -0.735. The summed E-state index contributed by atoms with van der Waals surface area (Å²) < 4.78 is 49.7. The van der Waals surface area contributed by atoms with Gasteiger partial charge in [0.15, 0.2) is 5.76 Å². The van der Waals surface area contributed by atoms with E-state index in [2.05, 4.69) is 16.7 Å². The molecule has 8 heteroatoms. The van der Waals surface area contributed by atoms with Gasteiger partial charge in [-0.3, -0.25) is 0 Å². The maximum Gasteiger partial charge on any atom is 0.283 e. The van der Waals surface area contributed by atoms with Gasteiger partial charge in [0.05, 0.1) is 10.4 Å². The molecule has 0 aliphatic rings. The molecule has 4 nitrogen and oxygen atoms in total. The Morgan fingerprint density at radius 3 is 2.83 bits per heavy atom. The van der Waals surface area contributed by atoms with Crippen molar-refractivity contribution in [3.05, 3.63) is 53.4 Å². The molecule has 3 aromatic rings. The molecule has 0 radical (unpaired) electrons. The van der Waals surface area contributed by atoms with Crippen molar-refractivity contribution in [2.45, 2.75) is 6.43 Å². The first kappa shape index (κ1) is 15.3. The van der Waals surface area contributed by atoms with Crippen molar-refractivity contribution in [1.82, 2.24) is 10.1 Å². The number of halogens is 3. The summed E-state index contributed by atoms with van der Waals surface area (Å²) in [7, 11) is 0. The summed E-state index contributed by atoms with van der Waals surface area (Å²) >= 11 is 1.21. The molecule has 0 fully saturated rings. The molecule has 0 saturated carbocycles. The van der Waals surface area contributed by atoms with Gasteiger partial charge in [0.2, 0.25) is 0 Å². The summed E-state index contributed by atoms with van der Waals surface area (Å²) in [5.41, 5.74) is -0.667. The SMILES string of the molecule is C=Cc1cnc(Oc2cccc(F)c2-c2cc(C(F)F)no2)s1. The Morgan fingerprint density at radius 1 is 1.35 bits per heavy atom. The van der Waals surface area contributed by atoms with E-state index in [-0.39, 0.29) is 22.3 Å². The Morgan fingerprint density at radius 2 is 2.17 bits per heavy atom. The summed E-state index contributed by atoms with van der Waals surface area (Å²) in [6.07, 6.45) is 0.343. The number of alkyl halides is 2. The number of aromatic nitrogens is 2. The largest absolute Gasteiger partial charge is 0.430 e. The van der Waals surface area contributed by atoms with Crippen LogP contribution in [0.3, 0.4) is 0 Å².